The molecule has 6 nitrogen and oxygen atoms in total. The first-order valence-corrected chi connectivity index (χ1v) is 13.4. The zero-order valence-electron chi connectivity index (χ0n) is 21.7. The van der Waals surface area contributed by atoms with Crippen LogP contribution < -0.4 is 10.1 Å². The molecule has 0 saturated carbocycles. The van der Waals surface area contributed by atoms with Crippen LogP contribution in [0.3, 0.4) is 0 Å². The molecule has 7 heteroatoms. The Kier molecular flexibility index (Phi) is 9.78. The minimum Gasteiger partial charge on any atom is -0.486 e. The maximum Gasteiger partial charge on any atom is 0.234 e. The van der Waals surface area contributed by atoms with E-state index >= 15 is 0 Å². The second-order valence-corrected chi connectivity index (χ2v) is 10.7. The molecule has 1 amide bonds. The summed E-state index contributed by atoms with van der Waals surface area (Å²) in [6.45, 7) is 14.1. The fourth-order valence-electron chi connectivity index (χ4n) is 3.81. The lowest BCUT2D eigenvalue weighted by molar-refractivity contribution is -0.113. The Labute approximate surface area is 213 Å². The van der Waals surface area contributed by atoms with Crippen LogP contribution >= 0.6 is 11.8 Å². The van der Waals surface area contributed by atoms with Crippen molar-refractivity contribution in [2.24, 2.45) is 5.92 Å². The highest BCUT2D eigenvalue weighted by atomic mass is 32.2. The van der Waals surface area contributed by atoms with Crippen molar-refractivity contribution >= 4 is 23.4 Å². The standard InChI is InChI=1S/C28H38N4O2S/c1-19(2)15-16-32-25(17-34-22-11-8-7-9-12-22)30-31-28(32)35-18-26(33)29-27-23(20(3)4)13-10-14-24(27)21(5)6/h7-14,19-21H,15-18H2,1-6H3,(H,29,33). The molecular formula is C28H38N4O2S. The molecule has 0 aliphatic heterocycles. The van der Waals surface area contributed by atoms with E-state index in [-0.39, 0.29) is 11.7 Å². The van der Waals surface area contributed by atoms with Crippen LogP contribution in [0.4, 0.5) is 5.69 Å². The van der Waals surface area contributed by atoms with E-state index in [9.17, 15) is 4.79 Å². The van der Waals surface area contributed by atoms with Crippen molar-refractivity contribution < 1.29 is 9.53 Å². The Morgan fingerprint density at radius 3 is 2.20 bits per heavy atom. The highest BCUT2D eigenvalue weighted by Gasteiger charge is 2.18. The highest BCUT2D eigenvalue weighted by molar-refractivity contribution is 7.99. The SMILES string of the molecule is CC(C)CCn1c(COc2ccccc2)nnc1SCC(=O)Nc1c(C(C)C)cccc1C(C)C. The van der Waals surface area contributed by atoms with Crippen molar-refractivity contribution in [3.05, 3.63) is 65.5 Å². The van der Waals surface area contributed by atoms with E-state index in [4.69, 9.17) is 4.74 Å². The fourth-order valence-corrected chi connectivity index (χ4v) is 4.59. The average Bonchev–Trinajstić information content (AvgIpc) is 3.22. The van der Waals surface area contributed by atoms with Gasteiger partial charge >= 0.3 is 0 Å². The van der Waals surface area contributed by atoms with Gasteiger partial charge < -0.3 is 14.6 Å². The number of ether oxygens (including phenoxy) is 1. The number of nitrogens with zero attached hydrogens (tertiary/aromatic N) is 3. The maximum absolute atomic E-state index is 13.0. The minimum atomic E-state index is -0.0366. The molecule has 3 aromatic rings. The van der Waals surface area contributed by atoms with Gasteiger partial charge in [0.2, 0.25) is 5.91 Å². The molecule has 0 bridgehead atoms. The van der Waals surface area contributed by atoms with Gasteiger partial charge in [-0.15, -0.1) is 10.2 Å². The summed E-state index contributed by atoms with van der Waals surface area (Å²) in [6, 6.07) is 16.0. The molecular weight excluding hydrogens is 456 g/mol. The Morgan fingerprint density at radius 2 is 1.60 bits per heavy atom. The third-order valence-corrected chi connectivity index (χ3v) is 6.77. The van der Waals surface area contributed by atoms with Crippen molar-refractivity contribution in [3.8, 4) is 5.75 Å². The second-order valence-electron chi connectivity index (χ2n) is 9.79. The number of benzene rings is 2. The van der Waals surface area contributed by atoms with Crippen LogP contribution in [0.2, 0.25) is 0 Å². The molecule has 1 N–H and O–H groups in total. The molecule has 0 atom stereocenters. The average molecular weight is 495 g/mol. The fraction of sp³-hybridized carbons (Fsp3) is 0.464. The van der Waals surface area contributed by atoms with Gasteiger partial charge in [-0.25, -0.2) is 0 Å². The molecule has 0 saturated heterocycles. The van der Waals surface area contributed by atoms with Crippen molar-refractivity contribution in [2.45, 2.75) is 78.1 Å². The molecule has 3 rings (SSSR count). The lowest BCUT2D eigenvalue weighted by Crippen LogP contribution is -2.18. The number of nitrogens with one attached hydrogen (secondary N) is 1. The Balaban J connectivity index is 1.72. The van der Waals surface area contributed by atoms with Crippen LogP contribution in [-0.2, 0) is 17.9 Å². The number of carbonyl (C=O) groups is 1. The third kappa shape index (κ3) is 7.59. The van der Waals surface area contributed by atoms with Crippen LogP contribution in [0.1, 0.15) is 76.8 Å². The van der Waals surface area contributed by atoms with E-state index in [1.54, 1.807) is 0 Å². The predicted octanol–water partition coefficient (Wildman–Crippen LogP) is 6.88. The number of thioether (sulfide) groups is 1. The minimum absolute atomic E-state index is 0.0366. The van der Waals surface area contributed by atoms with E-state index in [2.05, 4.69) is 79.8 Å². The van der Waals surface area contributed by atoms with Gasteiger partial charge in [0.1, 0.15) is 12.4 Å². The van der Waals surface area contributed by atoms with E-state index in [1.807, 2.05) is 30.3 Å². The molecule has 0 unspecified atom stereocenters. The van der Waals surface area contributed by atoms with Crippen molar-refractivity contribution in [1.82, 2.24) is 14.8 Å². The van der Waals surface area contributed by atoms with Crippen molar-refractivity contribution in [1.29, 1.82) is 0 Å². The predicted molar refractivity (Wildman–Crippen MR) is 144 cm³/mol. The summed E-state index contributed by atoms with van der Waals surface area (Å²) in [6.07, 6.45) is 0.996. The first kappa shape index (κ1) is 26.8. The zero-order valence-corrected chi connectivity index (χ0v) is 22.6. The van der Waals surface area contributed by atoms with Crippen molar-refractivity contribution in [2.75, 3.05) is 11.1 Å². The Bertz CT molecular complexity index is 1070. The monoisotopic (exact) mass is 494 g/mol. The molecule has 0 radical (unpaired) electrons. The summed E-state index contributed by atoms with van der Waals surface area (Å²) < 4.78 is 8.00. The number of carbonyl (C=O) groups excluding carboxylic acids is 1. The van der Waals surface area contributed by atoms with E-state index in [1.165, 1.54) is 11.8 Å². The molecule has 0 spiro atoms. The topological polar surface area (TPSA) is 69.0 Å². The van der Waals surface area contributed by atoms with Crippen LogP contribution in [0.25, 0.3) is 0 Å². The lowest BCUT2D eigenvalue weighted by atomic mass is 9.92. The summed E-state index contributed by atoms with van der Waals surface area (Å²) in [5.41, 5.74) is 3.27. The van der Waals surface area contributed by atoms with E-state index in [0.717, 1.165) is 46.5 Å². The number of hydrogen-bond donors (Lipinski definition) is 1. The van der Waals surface area contributed by atoms with Gasteiger partial charge in [-0.05, 0) is 47.4 Å². The van der Waals surface area contributed by atoms with Gasteiger partial charge in [-0.3, -0.25) is 4.79 Å². The maximum atomic E-state index is 13.0. The Morgan fingerprint density at radius 1 is 0.943 bits per heavy atom. The summed E-state index contributed by atoms with van der Waals surface area (Å²) in [5.74, 6) is 2.98. The van der Waals surface area contributed by atoms with Crippen LogP contribution in [-0.4, -0.2) is 26.4 Å². The molecule has 0 fully saturated rings. The number of aromatic nitrogens is 3. The smallest absolute Gasteiger partial charge is 0.234 e. The zero-order chi connectivity index (χ0) is 25.4. The summed E-state index contributed by atoms with van der Waals surface area (Å²) in [7, 11) is 0. The molecule has 35 heavy (non-hydrogen) atoms. The normalized spacial score (nSPS) is 11.5. The largest absolute Gasteiger partial charge is 0.486 e. The first-order valence-electron chi connectivity index (χ1n) is 12.4. The third-order valence-electron chi connectivity index (χ3n) is 5.80. The molecule has 1 heterocycles. The molecule has 2 aromatic carbocycles. The van der Waals surface area contributed by atoms with Gasteiger partial charge in [0.15, 0.2) is 11.0 Å². The molecule has 1 aromatic heterocycles. The number of anilines is 1. The summed E-state index contributed by atoms with van der Waals surface area (Å²) >= 11 is 1.42. The number of hydrogen-bond acceptors (Lipinski definition) is 5. The lowest BCUT2D eigenvalue weighted by Gasteiger charge is -2.20. The van der Waals surface area contributed by atoms with E-state index < -0.39 is 0 Å². The first-order chi connectivity index (χ1) is 16.8. The van der Waals surface area contributed by atoms with Gasteiger partial charge in [0, 0.05) is 12.2 Å². The van der Waals surface area contributed by atoms with Gasteiger partial charge in [-0.2, -0.15) is 0 Å². The van der Waals surface area contributed by atoms with Crippen LogP contribution in [0, 0.1) is 5.92 Å². The van der Waals surface area contributed by atoms with Gasteiger partial charge in [0.25, 0.3) is 0 Å². The van der Waals surface area contributed by atoms with Crippen LogP contribution in [0.15, 0.2) is 53.7 Å². The molecule has 188 valence electrons. The van der Waals surface area contributed by atoms with Crippen molar-refractivity contribution in [3.63, 3.8) is 0 Å². The molecule has 0 aliphatic rings. The number of rotatable bonds is 12. The van der Waals surface area contributed by atoms with Gasteiger partial charge in [0.05, 0.1) is 5.75 Å². The quantitative estimate of drug-likeness (QED) is 0.278. The number of para-hydroxylation sites is 2. The number of amides is 1. The van der Waals surface area contributed by atoms with Gasteiger partial charge in [-0.1, -0.05) is 89.7 Å². The van der Waals surface area contributed by atoms with Crippen LogP contribution in [0.5, 0.6) is 5.75 Å². The summed E-state index contributed by atoms with van der Waals surface area (Å²) in [4.78, 5) is 13.0. The Hall–Kier alpha value is -2.80. The second kappa shape index (κ2) is 12.8. The summed E-state index contributed by atoms with van der Waals surface area (Å²) in [5, 5.41) is 12.7. The molecule has 0 aliphatic carbocycles. The highest BCUT2D eigenvalue weighted by Crippen LogP contribution is 2.32. The van der Waals surface area contributed by atoms with E-state index in [0.29, 0.717) is 24.4 Å².